The molecule has 2 rings (SSSR count). The summed E-state index contributed by atoms with van der Waals surface area (Å²) in [6.45, 7) is 3.46. The van der Waals surface area contributed by atoms with Crippen molar-refractivity contribution in [3.63, 3.8) is 0 Å². The van der Waals surface area contributed by atoms with Crippen molar-refractivity contribution >= 4 is 33.6 Å². The van der Waals surface area contributed by atoms with Crippen LogP contribution in [0.4, 0.5) is 5.82 Å². The molecule has 1 unspecified atom stereocenters. The Balaban J connectivity index is 2.17. The minimum Gasteiger partial charge on any atom is -0.480 e. The Hall–Kier alpha value is -1.63. The predicted molar refractivity (Wildman–Crippen MR) is 75.6 cm³/mol. The predicted octanol–water partition coefficient (Wildman–Crippen LogP) is 1.91. The van der Waals surface area contributed by atoms with Gasteiger partial charge in [-0.1, -0.05) is 6.92 Å². The molecular weight excluding hydrogens is 328 g/mol. The van der Waals surface area contributed by atoms with Crippen LogP contribution in [0, 0.1) is 0 Å². The molecule has 1 amide bonds. The lowest BCUT2D eigenvalue weighted by atomic mass is 10.3. The third kappa shape index (κ3) is 3.27. The van der Waals surface area contributed by atoms with Gasteiger partial charge in [0.05, 0.1) is 6.10 Å². The molecule has 2 heterocycles. The summed E-state index contributed by atoms with van der Waals surface area (Å²) in [4.78, 5) is 29.2. The molecule has 1 atom stereocenters. The molecule has 1 aromatic rings. The van der Waals surface area contributed by atoms with E-state index in [-0.39, 0.29) is 25.2 Å². The Morgan fingerprint density at radius 2 is 2.35 bits per heavy atom. The third-order valence-electron chi connectivity index (χ3n) is 2.91. The minimum atomic E-state index is -0.456. The van der Waals surface area contributed by atoms with Crippen LogP contribution in [0.25, 0.3) is 0 Å². The van der Waals surface area contributed by atoms with Gasteiger partial charge in [-0.05, 0) is 41.4 Å². The van der Waals surface area contributed by atoms with E-state index in [1.165, 1.54) is 4.90 Å². The van der Waals surface area contributed by atoms with E-state index in [0.29, 0.717) is 16.2 Å². The molecule has 0 spiro atoms. The maximum atomic E-state index is 11.9. The molecule has 0 fully saturated rings. The maximum absolute atomic E-state index is 11.9. The lowest BCUT2D eigenvalue weighted by Gasteiger charge is -2.27. The van der Waals surface area contributed by atoms with Gasteiger partial charge in [0.2, 0.25) is 0 Å². The maximum Gasteiger partial charge on any atom is 0.326 e. The average molecular weight is 343 g/mol. The van der Waals surface area contributed by atoms with Crippen molar-refractivity contribution in [1.82, 2.24) is 4.98 Å². The third-order valence-corrected chi connectivity index (χ3v) is 3.35. The Morgan fingerprint density at radius 1 is 1.60 bits per heavy atom. The van der Waals surface area contributed by atoms with Gasteiger partial charge in [0.1, 0.15) is 11.1 Å². The van der Waals surface area contributed by atoms with Crippen molar-refractivity contribution in [2.24, 2.45) is 0 Å². The number of hydrogen-bond acceptors (Lipinski definition) is 5. The lowest BCUT2D eigenvalue weighted by Crippen LogP contribution is -2.43. The second-order valence-corrected chi connectivity index (χ2v) is 5.25. The molecule has 1 aromatic heterocycles. The second kappa shape index (κ2) is 6.21. The number of rotatable bonds is 4. The topological polar surface area (TPSA) is 68.7 Å². The van der Waals surface area contributed by atoms with Gasteiger partial charge in [-0.3, -0.25) is 14.5 Å². The van der Waals surface area contributed by atoms with Crippen LogP contribution in [0.2, 0.25) is 0 Å². The Morgan fingerprint density at radius 3 is 3.05 bits per heavy atom. The largest absolute Gasteiger partial charge is 0.480 e. The van der Waals surface area contributed by atoms with E-state index in [2.05, 4.69) is 20.9 Å². The molecule has 0 radical (unpaired) electrons. The van der Waals surface area contributed by atoms with Crippen LogP contribution >= 0.6 is 15.9 Å². The summed E-state index contributed by atoms with van der Waals surface area (Å²) in [5, 5.41) is 0. The molecule has 0 aromatic carbocycles. The normalized spacial score (nSPS) is 15.3. The first-order valence-electron chi connectivity index (χ1n) is 6.30. The summed E-state index contributed by atoms with van der Waals surface area (Å²) in [6.07, 6.45) is 0.553. The summed E-state index contributed by atoms with van der Waals surface area (Å²) in [6, 6.07) is 3.41. The molecule has 0 aliphatic carbocycles. The van der Waals surface area contributed by atoms with Crippen molar-refractivity contribution in [2.75, 3.05) is 18.1 Å². The molecule has 0 saturated carbocycles. The number of ether oxygens (including phenoxy) is 2. The van der Waals surface area contributed by atoms with Gasteiger partial charge in [-0.25, -0.2) is 4.98 Å². The van der Waals surface area contributed by atoms with Gasteiger partial charge < -0.3 is 9.47 Å². The standard InChI is InChI=1S/C13H15BrN2O4/c1-3-8(2)20-12(18)6-16-11(17)7-19-9-4-5-10(14)15-13(9)16/h4-5,8H,3,6-7H2,1-2H3. The molecule has 0 N–H and O–H groups in total. The zero-order valence-corrected chi connectivity index (χ0v) is 12.8. The number of nitrogens with zero attached hydrogens (tertiary/aromatic N) is 2. The number of aromatic nitrogens is 1. The van der Waals surface area contributed by atoms with E-state index in [4.69, 9.17) is 9.47 Å². The quantitative estimate of drug-likeness (QED) is 0.617. The first-order valence-corrected chi connectivity index (χ1v) is 7.09. The van der Waals surface area contributed by atoms with E-state index in [0.717, 1.165) is 6.42 Å². The first-order chi connectivity index (χ1) is 9.51. The number of carbonyl (C=O) groups is 2. The van der Waals surface area contributed by atoms with Gasteiger partial charge in [0, 0.05) is 0 Å². The molecule has 7 heteroatoms. The molecule has 1 aliphatic rings. The van der Waals surface area contributed by atoms with Gasteiger partial charge >= 0.3 is 5.97 Å². The fourth-order valence-electron chi connectivity index (χ4n) is 1.69. The highest BCUT2D eigenvalue weighted by molar-refractivity contribution is 9.10. The zero-order valence-electron chi connectivity index (χ0n) is 11.3. The molecule has 1 aliphatic heterocycles. The SMILES string of the molecule is CCC(C)OC(=O)CN1C(=O)COc2ccc(Br)nc21. The number of carbonyl (C=O) groups excluding carboxylic acids is 2. The zero-order chi connectivity index (χ0) is 14.7. The lowest BCUT2D eigenvalue weighted by molar-refractivity contribution is -0.147. The number of fused-ring (bicyclic) bond motifs is 1. The van der Waals surface area contributed by atoms with Crippen molar-refractivity contribution < 1.29 is 19.1 Å². The molecule has 20 heavy (non-hydrogen) atoms. The summed E-state index contributed by atoms with van der Waals surface area (Å²) >= 11 is 3.23. The van der Waals surface area contributed by atoms with Crippen molar-refractivity contribution in [3.05, 3.63) is 16.7 Å². The fourth-order valence-corrected chi connectivity index (χ4v) is 1.99. The summed E-state index contributed by atoms with van der Waals surface area (Å²) in [5.74, 6) is 0.0346. The molecule has 6 nitrogen and oxygen atoms in total. The van der Waals surface area contributed by atoms with E-state index >= 15 is 0 Å². The van der Waals surface area contributed by atoms with E-state index in [1.54, 1.807) is 12.1 Å². The van der Waals surface area contributed by atoms with E-state index in [9.17, 15) is 9.59 Å². The second-order valence-electron chi connectivity index (χ2n) is 4.43. The monoisotopic (exact) mass is 342 g/mol. The van der Waals surface area contributed by atoms with Crippen LogP contribution in [-0.2, 0) is 14.3 Å². The fraction of sp³-hybridized carbons (Fsp3) is 0.462. The number of pyridine rings is 1. The highest BCUT2D eigenvalue weighted by atomic mass is 79.9. The van der Waals surface area contributed by atoms with Crippen molar-refractivity contribution in [2.45, 2.75) is 26.4 Å². The Bertz CT molecular complexity index is 535. The summed E-state index contributed by atoms with van der Waals surface area (Å²) in [5.41, 5.74) is 0. The number of anilines is 1. The van der Waals surface area contributed by atoms with E-state index in [1.807, 2.05) is 13.8 Å². The Labute approximate surface area is 125 Å². The minimum absolute atomic E-state index is 0.104. The van der Waals surface area contributed by atoms with Crippen LogP contribution in [0.1, 0.15) is 20.3 Å². The smallest absolute Gasteiger partial charge is 0.326 e. The van der Waals surface area contributed by atoms with Gasteiger partial charge in [0.25, 0.3) is 5.91 Å². The van der Waals surface area contributed by atoms with Crippen LogP contribution in [0.15, 0.2) is 16.7 Å². The number of halogens is 1. The van der Waals surface area contributed by atoms with Crippen LogP contribution in [0.5, 0.6) is 5.75 Å². The highest BCUT2D eigenvalue weighted by Crippen LogP contribution is 2.31. The van der Waals surface area contributed by atoms with Crippen LogP contribution in [0.3, 0.4) is 0 Å². The highest BCUT2D eigenvalue weighted by Gasteiger charge is 2.29. The summed E-state index contributed by atoms with van der Waals surface area (Å²) in [7, 11) is 0. The van der Waals surface area contributed by atoms with Crippen LogP contribution in [-0.4, -0.2) is 36.1 Å². The number of amides is 1. The van der Waals surface area contributed by atoms with Crippen LogP contribution < -0.4 is 9.64 Å². The van der Waals surface area contributed by atoms with Crippen molar-refractivity contribution in [1.29, 1.82) is 0 Å². The average Bonchev–Trinajstić information content (AvgIpc) is 2.42. The van der Waals surface area contributed by atoms with Gasteiger partial charge in [0.15, 0.2) is 18.2 Å². The molecule has 108 valence electrons. The molecule has 0 bridgehead atoms. The number of esters is 1. The molecule has 0 saturated heterocycles. The first kappa shape index (κ1) is 14.8. The van der Waals surface area contributed by atoms with Crippen molar-refractivity contribution in [3.8, 4) is 5.75 Å². The summed E-state index contributed by atoms with van der Waals surface area (Å²) < 4.78 is 11.0. The Kier molecular flexibility index (Phi) is 4.59. The van der Waals surface area contributed by atoms with Gasteiger partial charge in [-0.2, -0.15) is 0 Å². The molecular formula is C13H15BrN2O4. The number of hydrogen-bond donors (Lipinski definition) is 0. The van der Waals surface area contributed by atoms with E-state index < -0.39 is 5.97 Å². The van der Waals surface area contributed by atoms with Gasteiger partial charge in [-0.15, -0.1) is 0 Å².